The van der Waals surface area contributed by atoms with Crippen LogP contribution >= 0.6 is 0 Å². The minimum atomic E-state index is -0.685. The summed E-state index contributed by atoms with van der Waals surface area (Å²) in [7, 11) is 1.50. The minimum Gasteiger partial charge on any atom is -0.493 e. The van der Waals surface area contributed by atoms with E-state index in [9.17, 15) is 14.4 Å². The average molecular weight is 574 g/mol. The van der Waals surface area contributed by atoms with E-state index >= 15 is 0 Å². The van der Waals surface area contributed by atoms with Gasteiger partial charge in [0.05, 0.1) is 18.2 Å². The van der Waals surface area contributed by atoms with Crippen molar-refractivity contribution in [2.24, 2.45) is 0 Å². The van der Waals surface area contributed by atoms with Crippen molar-refractivity contribution in [3.05, 3.63) is 146 Å². The van der Waals surface area contributed by atoms with Gasteiger partial charge in [0.25, 0.3) is 5.56 Å². The van der Waals surface area contributed by atoms with Crippen LogP contribution in [0.25, 0.3) is 22.2 Å². The number of hydrogen-bond acceptors (Lipinski definition) is 6. The number of ether oxygens (including phenoxy) is 3. The Hall–Kier alpha value is -5.83. The Kier molecular flexibility index (Phi) is 7.60. The molecule has 6 aromatic rings. The van der Waals surface area contributed by atoms with Gasteiger partial charge < -0.3 is 19.2 Å². The molecule has 0 amide bonds. The first-order valence-corrected chi connectivity index (χ1v) is 13.5. The Morgan fingerprint density at radius 3 is 2.00 bits per heavy atom. The van der Waals surface area contributed by atoms with Crippen LogP contribution in [-0.2, 0) is 13.2 Å². The Bertz CT molecular complexity index is 2010. The summed E-state index contributed by atoms with van der Waals surface area (Å²) in [6.07, 6.45) is 0. The standard InChI is InChI=1S/C34H27N3O6/c1-41-27-18-24(14-17-26(27)43-20-22-10-6-3-7-11-22)31(38)30-28(29-32(35-30)36-34(40)37-33(29)39)23-12-15-25(16-13-23)42-19-21-8-4-2-5-9-21/h2-18H,19-20H2,1H3,(H3,35,36,37,39,40). The van der Waals surface area contributed by atoms with Gasteiger partial charge in [-0.3, -0.25) is 19.6 Å². The van der Waals surface area contributed by atoms with Gasteiger partial charge in [0.15, 0.2) is 11.5 Å². The molecule has 0 aliphatic carbocycles. The van der Waals surface area contributed by atoms with Gasteiger partial charge in [-0.1, -0.05) is 72.8 Å². The number of ketones is 1. The zero-order chi connectivity index (χ0) is 29.8. The predicted molar refractivity (Wildman–Crippen MR) is 163 cm³/mol. The van der Waals surface area contributed by atoms with Crippen LogP contribution in [-0.4, -0.2) is 27.8 Å². The summed E-state index contributed by atoms with van der Waals surface area (Å²) in [6.45, 7) is 0.725. The second-order valence-electron chi connectivity index (χ2n) is 9.80. The van der Waals surface area contributed by atoms with Crippen molar-refractivity contribution >= 4 is 16.8 Å². The molecule has 0 radical (unpaired) electrons. The largest absolute Gasteiger partial charge is 0.493 e. The molecule has 0 aliphatic rings. The van der Waals surface area contributed by atoms with E-state index in [-0.39, 0.29) is 16.7 Å². The molecule has 9 nitrogen and oxygen atoms in total. The van der Waals surface area contributed by atoms with Crippen LogP contribution in [0.15, 0.2) is 113 Å². The zero-order valence-corrected chi connectivity index (χ0v) is 23.2. The number of benzene rings is 4. The molecule has 9 heteroatoms. The first-order chi connectivity index (χ1) is 21.0. The Balaban J connectivity index is 1.34. The van der Waals surface area contributed by atoms with Gasteiger partial charge in [0.1, 0.15) is 24.6 Å². The number of nitrogens with one attached hydrogen (secondary N) is 3. The molecule has 6 rings (SSSR count). The molecule has 2 heterocycles. The summed E-state index contributed by atoms with van der Waals surface area (Å²) in [6, 6.07) is 31.5. The SMILES string of the molecule is COc1cc(C(=O)c2[nH]c3[nH]c(=O)[nH]c(=O)c3c2-c2ccc(OCc3ccccc3)cc2)ccc1OCc1ccccc1. The normalized spacial score (nSPS) is 10.9. The lowest BCUT2D eigenvalue weighted by Crippen LogP contribution is -2.21. The van der Waals surface area contributed by atoms with Crippen molar-refractivity contribution in [1.29, 1.82) is 0 Å². The fraction of sp³-hybridized carbons (Fsp3) is 0.0882. The van der Waals surface area contributed by atoms with Crippen molar-refractivity contribution in [2.45, 2.75) is 13.2 Å². The van der Waals surface area contributed by atoms with Crippen LogP contribution < -0.4 is 25.5 Å². The minimum absolute atomic E-state index is 0.139. The maximum atomic E-state index is 13.9. The molecule has 0 aliphatic heterocycles. The fourth-order valence-corrected chi connectivity index (χ4v) is 4.86. The summed E-state index contributed by atoms with van der Waals surface area (Å²) >= 11 is 0. The molecule has 43 heavy (non-hydrogen) atoms. The Labute approximate surface area is 245 Å². The van der Waals surface area contributed by atoms with E-state index in [4.69, 9.17) is 14.2 Å². The molecular formula is C34H27N3O6. The van der Waals surface area contributed by atoms with Crippen molar-refractivity contribution in [3.8, 4) is 28.4 Å². The second kappa shape index (κ2) is 12.0. The fourth-order valence-electron chi connectivity index (χ4n) is 4.86. The lowest BCUT2D eigenvalue weighted by Gasteiger charge is -2.12. The summed E-state index contributed by atoms with van der Waals surface area (Å²) in [5.41, 5.74) is 2.25. The third-order valence-corrected chi connectivity index (χ3v) is 6.97. The summed E-state index contributed by atoms with van der Waals surface area (Å²) in [5.74, 6) is 1.08. The first kappa shape index (κ1) is 27.3. The van der Waals surface area contributed by atoms with E-state index in [1.54, 1.807) is 42.5 Å². The van der Waals surface area contributed by atoms with Crippen LogP contribution in [0, 0.1) is 0 Å². The predicted octanol–water partition coefficient (Wildman–Crippen LogP) is 5.61. The lowest BCUT2D eigenvalue weighted by molar-refractivity contribution is 0.103. The average Bonchev–Trinajstić information content (AvgIpc) is 3.43. The van der Waals surface area contributed by atoms with Crippen LogP contribution in [0.4, 0.5) is 0 Å². The third-order valence-electron chi connectivity index (χ3n) is 6.97. The van der Waals surface area contributed by atoms with Crippen molar-refractivity contribution in [3.63, 3.8) is 0 Å². The van der Waals surface area contributed by atoms with Gasteiger partial charge in [0, 0.05) is 11.1 Å². The van der Waals surface area contributed by atoms with Gasteiger partial charge in [-0.15, -0.1) is 0 Å². The number of aromatic amines is 3. The molecule has 0 fully saturated rings. The summed E-state index contributed by atoms with van der Waals surface area (Å²) in [4.78, 5) is 46.8. The maximum Gasteiger partial charge on any atom is 0.327 e. The van der Waals surface area contributed by atoms with Crippen LogP contribution in [0.1, 0.15) is 27.2 Å². The second-order valence-corrected chi connectivity index (χ2v) is 9.80. The number of methoxy groups -OCH3 is 1. The van der Waals surface area contributed by atoms with Gasteiger partial charge in [-0.05, 0) is 47.0 Å². The van der Waals surface area contributed by atoms with E-state index in [2.05, 4.69) is 15.0 Å². The van der Waals surface area contributed by atoms with Crippen LogP contribution in [0.2, 0.25) is 0 Å². The number of hydrogen-bond donors (Lipinski definition) is 3. The highest BCUT2D eigenvalue weighted by molar-refractivity contribution is 6.16. The molecule has 3 N–H and O–H groups in total. The van der Waals surface area contributed by atoms with E-state index < -0.39 is 17.0 Å². The molecule has 0 atom stereocenters. The highest BCUT2D eigenvalue weighted by Gasteiger charge is 2.24. The highest BCUT2D eigenvalue weighted by atomic mass is 16.5. The topological polar surface area (TPSA) is 126 Å². The molecule has 0 saturated heterocycles. The highest BCUT2D eigenvalue weighted by Crippen LogP contribution is 2.34. The summed E-state index contributed by atoms with van der Waals surface area (Å²) in [5, 5.41) is 0.163. The Morgan fingerprint density at radius 2 is 1.35 bits per heavy atom. The summed E-state index contributed by atoms with van der Waals surface area (Å²) < 4.78 is 17.4. The quantitative estimate of drug-likeness (QED) is 0.183. The molecule has 0 spiro atoms. The molecule has 0 saturated carbocycles. The molecule has 214 valence electrons. The lowest BCUT2D eigenvalue weighted by atomic mass is 9.98. The van der Waals surface area contributed by atoms with Gasteiger partial charge in [0.2, 0.25) is 5.78 Å². The Morgan fingerprint density at radius 1 is 0.698 bits per heavy atom. The number of carbonyl (C=O) groups is 1. The molecule has 0 unspecified atom stereocenters. The van der Waals surface area contributed by atoms with E-state index in [1.807, 2.05) is 60.7 Å². The van der Waals surface area contributed by atoms with Crippen molar-refractivity contribution in [2.75, 3.05) is 7.11 Å². The maximum absolute atomic E-state index is 13.9. The third kappa shape index (κ3) is 5.82. The molecular weight excluding hydrogens is 546 g/mol. The number of aromatic nitrogens is 3. The number of H-pyrrole nitrogens is 3. The molecule has 4 aromatic carbocycles. The number of rotatable bonds is 10. The van der Waals surface area contributed by atoms with Gasteiger partial charge in [-0.25, -0.2) is 4.79 Å². The smallest absolute Gasteiger partial charge is 0.327 e. The number of fused-ring (bicyclic) bond motifs is 1. The molecule has 0 bridgehead atoms. The van der Waals surface area contributed by atoms with E-state index in [1.165, 1.54) is 7.11 Å². The van der Waals surface area contributed by atoms with Crippen molar-refractivity contribution in [1.82, 2.24) is 15.0 Å². The monoisotopic (exact) mass is 573 g/mol. The number of carbonyl (C=O) groups excluding carboxylic acids is 1. The first-order valence-electron chi connectivity index (χ1n) is 13.5. The molecule has 2 aromatic heterocycles. The van der Waals surface area contributed by atoms with Gasteiger partial charge in [-0.2, -0.15) is 0 Å². The van der Waals surface area contributed by atoms with E-state index in [0.717, 1.165) is 11.1 Å². The van der Waals surface area contributed by atoms with Crippen molar-refractivity contribution < 1.29 is 19.0 Å². The van der Waals surface area contributed by atoms with Crippen LogP contribution in [0.5, 0.6) is 17.2 Å². The van der Waals surface area contributed by atoms with Gasteiger partial charge >= 0.3 is 5.69 Å². The van der Waals surface area contributed by atoms with E-state index in [0.29, 0.717) is 47.2 Å². The zero-order valence-electron chi connectivity index (χ0n) is 23.2. The van der Waals surface area contributed by atoms with Crippen LogP contribution in [0.3, 0.4) is 0 Å².